The smallest absolute Gasteiger partial charge is 0.408 e. The maximum atomic E-state index is 12.2. The number of benzene rings is 1. The third-order valence-electron chi connectivity index (χ3n) is 3.86. The summed E-state index contributed by atoms with van der Waals surface area (Å²) >= 11 is 3.44. The van der Waals surface area contributed by atoms with Gasteiger partial charge in [0.15, 0.2) is 0 Å². The molecule has 7 heteroatoms. The van der Waals surface area contributed by atoms with Crippen molar-refractivity contribution in [2.45, 2.75) is 64.2 Å². The quantitative estimate of drug-likeness (QED) is 0.727. The van der Waals surface area contributed by atoms with Crippen LogP contribution < -0.4 is 10.6 Å². The summed E-state index contributed by atoms with van der Waals surface area (Å²) in [6.45, 7) is 9.22. The van der Waals surface area contributed by atoms with E-state index in [1.165, 1.54) is 0 Å². The number of hydrogen-bond acceptors (Lipinski definition) is 4. The van der Waals surface area contributed by atoms with Gasteiger partial charge in [0.25, 0.3) is 0 Å². The molecule has 1 aromatic rings. The fraction of sp³-hybridized carbons (Fsp3) is 0.579. The third-order valence-corrected chi connectivity index (χ3v) is 4.35. The van der Waals surface area contributed by atoms with E-state index in [-0.39, 0.29) is 6.54 Å². The van der Waals surface area contributed by atoms with Crippen LogP contribution in [0.3, 0.4) is 0 Å². The largest absolute Gasteiger partial charge is 0.444 e. The summed E-state index contributed by atoms with van der Waals surface area (Å²) in [5.41, 5.74) is -0.813. The molecule has 1 saturated carbocycles. The highest BCUT2D eigenvalue weighted by Gasteiger charge is 2.48. The van der Waals surface area contributed by atoms with Gasteiger partial charge in [0.1, 0.15) is 11.2 Å². The molecule has 0 radical (unpaired) electrons. The van der Waals surface area contributed by atoms with Gasteiger partial charge < -0.3 is 20.1 Å². The molecular formula is C19H27BrN2O4. The molecule has 0 heterocycles. The molecule has 0 saturated heterocycles. The van der Waals surface area contributed by atoms with E-state index in [9.17, 15) is 9.59 Å². The molecule has 2 rings (SSSR count). The average molecular weight is 427 g/mol. The fourth-order valence-corrected chi connectivity index (χ4v) is 2.87. The lowest BCUT2D eigenvalue weighted by Gasteiger charge is -2.29. The molecule has 0 atom stereocenters. The van der Waals surface area contributed by atoms with E-state index in [1.807, 2.05) is 24.3 Å². The highest BCUT2D eigenvalue weighted by atomic mass is 79.9. The standard InChI is InChI=1S/C19H27BrN2O4/c1-17(2,3)25-16(24)22-18(4,5)12-21-15(23)26-19(9-10-19)13-7-6-8-14(20)11-13/h6-8,11H,9-10,12H2,1-5H3,(H,21,23)(H,22,24). The number of carbonyl (C=O) groups excluding carboxylic acids is 2. The summed E-state index contributed by atoms with van der Waals surface area (Å²) in [6, 6.07) is 7.78. The minimum atomic E-state index is -0.673. The van der Waals surface area contributed by atoms with Crippen LogP contribution in [0.4, 0.5) is 9.59 Å². The van der Waals surface area contributed by atoms with Gasteiger partial charge in [-0.05, 0) is 65.2 Å². The topological polar surface area (TPSA) is 76.7 Å². The van der Waals surface area contributed by atoms with E-state index in [0.717, 1.165) is 22.9 Å². The van der Waals surface area contributed by atoms with Crippen molar-refractivity contribution in [1.82, 2.24) is 10.6 Å². The molecule has 1 aliphatic rings. The number of carbonyl (C=O) groups is 2. The van der Waals surface area contributed by atoms with Crippen molar-refractivity contribution >= 4 is 28.1 Å². The van der Waals surface area contributed by atoms with Crippen LogP contribution in [0.1, 0.15) is 53.0 Å². The van der Waals surface area contributed by atoms with Crippen LogP contribution in [0.25, 0.3) is 0 Å². The van der Waals surface area contributed by atoms with Crippen LogP contribution in [0.5, 0.6) is 0 Å². The Balaban J connectivity index is 1.85. The first kappa shape index (κ1) is 20.6. The third kappa shape index (κ3) is 6.20. The maximum Gasteiger partial charge on any atom is 0.408 e. The van der Waals surface area contributed by atoms with Crippen LogP contribution in [-0.2, 0) is 15.1 Å². The molecule has 1 fully saturated rings. The second-order valence-electron chi connectivity index (χ2n) is 8.26. The molecule has 2 N–H and O–H groups in total. The van der Waals surface area contributed by atoms with Crippen molar-refractivity contribution in [3.63, 3.8) is 0 Å². The molecule has 1 aliphatic carbocycles. The molecule has 0 aromatic heterocycles. The number of hydrogen-bond donors (Lipinski definition) is 2. The summed E-state index contributed by atoms with van der Waals surface area (Å²) < 4.78 is 11.8. The van der Waals surface area contributed by atoms with Gasteiger partial charge in [-0.1, -0.05) is 28.1 Å². The zero-order valence-electron chi connectivity index (χ0n) is 15.9. The Kier molecular flexibility index (Phi) is 5.90. The van der Waals surface area contributed by atoms with Gasteiger partial charge in [0.05, 0.1) is 5.54 Å². The predicted molar refractivity (Wildman–Crippen MR) is 103 cm³/mol. The number of amides is 2. The number of halogens is 1. The lowest BCUT2D eigenvalue weighted by molar-refractivity contribution is 0.0461. The Hall–Kier alpha value is -1.76. The number of ether oxygens (including phenoxy) is 2. The van der Waals surface area contributed by atoms with Gasteiger partial charge >= 0.3 is 12.2 Å². The molecule has 144 valence electrons. The van der Waals surface area contributed by atoms with Crippen molar-refractivity contribution < 1.29 is 19.1 Å². The van der Waals surface area contributed by atoms with E-state index < -0.39 is 28.9 Å². The lowest BCUT2D eigenvalue weighted by Crippen LogP contribution is -2.52. The summed E-state index contributed by atoms with van der Waals surface area (Å²) in [5.74, 6) is 0. The molecule has 0 unspecified atom stereocenters. The Morgan fingerprint density at radius 2 is 1.81 bits per heavy atom. The van der Waals surface area contributed by atoms with Crippen LogP contribution in [0, 0.1) is 0 Å². The normalized spacial score (nSPS) is 15.8. The van der Waals surface area contributed by atoms with Crippen molar-refractivity contribution in [2.24, 2.45) is 0 Å². The Labute approximate surface area is 163 Å². The van der Waals surface area contributed by atoms with Crippen LogP contribution in [-0.4, -0.2) is 29.9 Å². The van der Waals surface area contributed by atoms with E-state index in [4.69, 9.17) is 9.47 Å². The zero-order valence-corrected chi connectivity index (χ0v) is 17.5. The van der Waals surface area contributed by atoms with Crippen LogP contribution in [0.2, 0.25) is 0 Å². The molecule has 2 amide bonds. The molecule has 6 nitrogen and oxygen atoms in total. The van der Waals surface area contributed by atoms with Gasteiger partial charge in [-0.2, -0.15) is 0 Å². The molecule has 1 aromatic carbocycles. The molecule has 0 aliphatic heterocycles. The molecule has 0 spiro atoms. The van der Waals surface area contributed by atoms with Crippen LogP contribution in [0.15, 0.2) is 28.7 Å². The highest BCUT2D eigenvalue weighted by Crippen LogP contribution is 2.49. The summed E-state index contributed by atoms with van der Waals surface area (Å²) in [4.78, 5) is 24.1. The van der Waals surface area contributed by atoms with Crippen molar-refractivity contribution in [1.29, 1.82) is 0 Å². The van der Waals surface area contributed by atoms with Gasteiger partial charge in [-0.15, -0.1) is 0 Å². The van der Waals surface area contributed by atoms with Gasteiger partial charge in [0, 0.05) is 11.0 Å². The zero-order chi connectivity index (χ0) is 19.6. The van der Waals surface area contributed by atoms with Gasteiger partial charge in [0.2, 0.25) is 0 Å². The molecule has 26 heavy (non-hydrogen) atoms. The monoisotopic (exact) mass is 426 g/mol. The summed E-state index contributed by atoms with van der Waals surface area (Å²) in [7, 11) is 0. The van der Waals surface area contributed by atoms with Crippen molar-refractivity contribution in [2.75, 3.05) is 6.54 Å². The molecule has 0 bridgehead atoms. The first-order chi connectivity index (χ1) is 11.9. The van der Waals surface area contributed by atoms with E-state index in [1.54, 1.807) is 34.6 Å². The number of nitrogens with one attached hydrogen (secondary N) is 2. The van der Waals surface area contributed by atoms with Gasteiger partial charge in [-0.3, -0.25) is 0 Å². The molecular weight excluding hydrogens is 400 g/mol. The Morgan fingerprint density at radius 1 is 1.15 bits per heavy atom. The Morgan fingerprint density at radius 3 is 2.35 bits per heavy atom. The fourth-order valence-electron chi connectivity index (χ4n) is 2.47. The second-order valence-corrected chi connectivity index (χ2v) is 9.17. The summed E-state index contributed by atoms with van der Waals surface area (Å²) in [6.07, 6.45) is 0.583. The number of rotatable bonds is 5. The minimum Gasteiger partial charge on any atom is -0.444 e. The predicted octanol–water partition coefficient (Wildman–Crippen LogP) is 4.47. The highest BCUT2D eigenvalue weighted by molar-refractivity contribution is 9.10. The first-order valence-corrected chi connectivity index (χ1v) is 9.44. The second kappa shape index (κ2) is 7.47. The minimum absolute atomic E-state index is 0.222. The Bertz CT molecular complexity index is 678. The van der Waals surface area contributed by atoms with E-state index >= 15 is 0 Å². The van der Waals surface area contributed by atoms with Crippen LogP contribution >= 0.6 is 15.9 Å². The SMILES string of the molecule is CC(C)(CNC(=O)OC1(c2cccc(Br)c2)CC1)NC(=O)OC(C)(C)C. The first-order valence-electron chi connectivity index (χ1n) is 8.65. The van der Waals surface area contributed by atoms with Crippen molar-refractivity contribution in [3.8, 4) is 0 Å². The van der Waals surface area contributed by atoms with Crippen molar-refractivity contribution in [3.05, 3.63) is 34.3 Å². The van der Waals surface area contributed by atoms with Gasteiger partial charge in [-0.25, -0.2) is 9.59 Å². The lowest BCUT2D eigenvalue weighted by atomic mass is 10.1. The average Bonchev–Trinajstić information content (AvgIpc) is 3.23. The van der Waals surface area contributed by atoms with E-state index in [2.05, 4.69) is 26.6 Å². The van der Waals surface area contributed by atoms with E-state index in [0.29, 0.717) is 0 Å². The maximum absolute atomic E-state index is 12.2. The summed E-state index contributed by atoms with van der Waals surface area (Å²) in [5, 5.41) is 5.48. The number of alkyl carbamates (subject to hydrolysis) is 2.